The van der Waals surface area contributed by atoms with E-state index in [9.17, 15) is 9.59 Å². The number of piperidine rings is 1. The van der Waals surface area contributed by atoms with E-state index in [1.165, 1.54) is 0 Å². The van der Waals surface area contributed by atoms with E-state index in [4.69, 9.17) is 16.7 Å². The van der Waals surface area contributed by atoms with Gasteiger partial charge in [-0.25, -0.2) is 4.68 Å². The van der Waals surface area contributed by atoms with Gasteiger partial charge in [0.05, 0.1) is 11.4 Å². The lowest BCUT2D eigenvalue weighted by atomic mass is 9.95. The van der Waals surface area contributed by atoms with Crippen LogP contribution in [0.4, 0.5) is 17.2 Å². The van der Waals surface area contributed by atoms with Crippen molar-refractivity contribution in [3.63, 3.8) is 0 Å². The van der Waals surface area contributed by atoms with Crippen molar-refractivity contribution in [2.45, 2.75) is 33.1 Å². The Balaban J connectivity index is 1.54. The monoisotopic (exact) mass is 465 g/mol. The first-order chi connectivity index (χ1) is 16.0. The predicted molar refractivity (Wildman–Crippen MR) is 132 cm³/mol. The zero-order chi connectivity index (χ0) is 23.4. The van der Waals surface area contributed by atoms with Crippen molar-refractivity contribution >= 4 is 40.6 Å². The van der Waals surface area contributed by atoms with E-state index < -0.39 is 0 Å². The number of hydrogen-bond donors (Lipinski definition) is 2. The summed E-state index contributed by atoms with van der Waals surface area (Å²) >= 11 is 6.03. The summed E-state index contributed by atoms with van der Waals surface area (Å²) in [7, 11) is 0. The molecule has 1 aromatic heterocycles. The van der Waals surface area contributed by atoms with Crippen molar-refractivity contribution < 1.29 is 9.59 Å². The Morgan fingerprint density at radius 3 is 2.45 bits per heavy atom. The number of benzene rings is 2. The van der Waals surface area contributed by atoms with E-state index in [0.717, 1.165) is 22.9 Å². The van der Waals surface area contributed by atoms with Crippen molar-refractivity contribution in [1.29, 1.82) is 0 Å². The van der Waals surface area contributed by atoms with Crippen LogP contribution in [0.2, 0.25) is 5.02 Å². The molecule has 0 unspecified atom stereocenters. The molecule has 1 aliphatic rings. The molecule has 0 saturated carbocycles. The third kappa shape index (κ3) is 5.20. The standard InChI is InChI=1S/C25H28ClN5O2/c1-3-22(32)28-23-17(2)29-31(21-10-5-4-6-11-21)25(23)30-14-12-18(13-15-30)24(33)27-20-9-7-8-19(26)16-20/h4-11,16,18H,3,12-15H2,1-2H3,(H,27,33)(H,28,32). The fourth-order valence-electron chi connectivity index (χ4n) is 4.09. The summed E-state index contributed by atoms with van der Waals surface area (Å²) in [5.41, 5.74) is 3.12. The lowest BCUT2D eigenvalue weighted by Crippen LogP contribution is -2.39. The van der Waals surface area contributed by atoms with Gasteiger partial charge in [-0.2, -0.15) is 5.10 Å². The Labute approximate surface area is 198 Å². The maximum absolute atomic E-state index is 12.8. The molecule has 0 spiro atoms. The Morgan fingerprint density at radius 2 is 1.79 bits per heavy atom. The molecular weight excluding hydrogens is 438 g/mol. The highest BCUT2D eigenvalue weighted by molar-refractivity contribution is 6.30. The molecule has 0 bridgehead atoms. The van der Waals surface area contributed by atoms with Crippen molar-refractivity contribution in [1.82, 2.24) is 9.78 Å². The maximum atomic E-state index is 12.8. The van der Waals surface area contributed by atoms with Gasteiger partial charge in [0, 0.05) is 36.1 Å². The first-order valence-electron chi connectivity index (χ1n) is 11.2. The summed E-state index contributed by atoms with van der Waals surface area (Å²) in [6.45, 7) is 5.09. The number of halogens is 1. The molecule has 2 aromatic carbocycles. The number of nitrogens with zero attached hydrogens (tertiary/aromatic N) is 3. The van der Waals surface area contributed by atoms with Gasteiger partial charge in [0.1, 0.15) is 5.69 Å². The maximum Gasteiger partial charge on any atom is 0.227 e. The van der Waals surface area contributed by atoms with Crippen LogP contribution in [-0.2, 0) is 9.59 Å². The molecule has 33 heavy (non-hydrogen) atoms. The molecule has 2 N–H and O–H groups in total. The molecule has 8 heteroatoms. The quantitative estimate of drug-likeness (QED) is 0.534. The van der Waals surface area contributed by atoms with Gasteiger partial charge in [-0.15, -0.1) is 0 Å². The van der Waals surface area contributed by atoms with Gasteiger partial charge >= 0.3 is 0 Å². The molecule has 0 atom stereocenters. The fraction of sp³-hybridized carbons (Fsp3) is 0.320. The second-order valence-electron chi connectivity index (χ2n) is 8.19. The highest BCUT2D eigenvalue weighted by Gasteiger charge is 2.30. The number of aromatic nitrogens is 2. The molecule has 3 aromatic rings. The van der Waals surface area contributed by atoms with Crippen LogP contribution < -0.4 is 15.5 Å². The molecule has 0 radical (unpaired) electrons. The van der Waals surface area contributed by atoms with Crippen LogP contribution in [0.25, 0.3) is 5.69 Å². The minimum atomic E-state index is -0.0943. The first kappa shape index (κ1) is 22.9. The number of hydrogen-bond acceptors (Lipinski definition) is 4. The number of nitrogens with one attached hydrogen (secondary N) is 2. The zero-order valence-corrected chi connectivity index (χ0v) is 19.6. The Morgan fingerprint density at radius 1 is 1.06 bits per heavy atom. The summed E-state index contributed by atoms with van der Waals surface area (Å²) in [5.74, 6) is 0.712. The third-order valence-electron chi connectivity index (χ3n) is 5.88. The van der Waals surface area contributed by atoms with E-state index >= 15 is 0 Å². The second-order valence-corrected chi connectivity index (χ2v) is 8.63. The molecule has 2 heterocycles. The number of anilines is 3. The van der Waals surface area contributed by atoms with Crippen LogP contribution in [0.15, 0.2) is 54.6 Å². The minimum absolute atomic E-state index is 0.00386. The summed E-state index contributed by atoms with van der Waals surface area (Å²) in [4.78, 5) is 27.3. The van der Waals surface area contributed by atoms with Gasteiger partial charge in [0.25, 0.3) is 0 Å². The summed E-state index contributed by atoms with van der Waals surface area (Å²) in [5, 5.41) is 11.3. The number of carbonyl (C=O) groups excluding carboxylic acids is 2. The SMILES string of the molecule is CCC(=O)Nc1c(C)nn(-c2ccccc2)c1N1CCC(C(=O)Nc2cccc(Cl)c2)CC1. The molecule has 1 aliphatic heterocycles. The number of rotatable bonds is 6. The van der Waals surface area contributed by atoms with E-state index in [1.54, 1.807) is 12.1 Å². The number of para-hydroxylation sites is 1. The van der Waals surface area contributed by atoms with Gasteiger partial charge in [-0.1, -0.05) is 42.8 Å². The van der Waals surface area contributed by atoms with Gasteiger partial charge in [0.2, 0.25) is 11.8 Å². The van der Waals surface area contributed by atoms with Gasteiger partial charge in [0.15, 0.2) is 5.82 Å². The molecule has 1 fully saturated rings. The average Bonchev–Trinajstić information content (AvgIpc) is 3.15. The smallest absolute Gasteiger partial charge is 0.227 e. The van der Waals surface area contributed by atoms with Gasteiger partial charge in [-0.3, -0.25) is 9.59 Å². The van der Waals surface area contributed by atoms with Crippen LogP contribution in [0, 0.1) is 12.8 Å². The highest BCUT2D eigenvalue weighted by atomic mass is 35.5. The van der Waals surface area contributed by atoms with Gasteiger partial charge < -0.3 is 15.5 Å². The summed E-state index contributed by atoms with van der Waals surface area (Å²) in [6, 6.07) is 17.1. The topological polar surface area (TPSA) is 79.3 Å². The summed E-state index contributed by atoms with van der Waals surface area (Å²) < 4.78 is 1.88. The molecule has 4 rings (SSSR count). The second kappa shape index (κ2) is 10.1. The molecule has 7 nitrogen and oxygen atoms in total. The van der Waals surface area contributed by atoms with Gasteiger partial charge in [-0.05, 0) is 50.1 Å². The lowest BCUT2D eigenvalue weighted by Gasteiger charge is -2.33. The van der Waals surface area contributed by atoms with Crippen LogP contribution in [0.1, 0.15) is 31.9 Å². The van der Waals surface area contributed by atoms with Crippen molar-refractivity contribution in [2.75, 3.05) is 28.6 Å². The molecule has 172 valence electrons. The van der Waals surface area contributed by atoms with Crippen LogP contribution in [0.5, 0.6) is 0 Å². The van der Waals surface area contributed by atoms with Crippen molar-refractivity contribution in [2.24, 2.45) is 5.92 Å². The highest BCUT2D eigenvalue weighted by Crippen LogP contribution is 2.35. The molecular formula is C25H28ClN5O2. The average molecular weight is 466 g/mol. The molecule has 1 saturated heterocycles. The Bertz CT molecular complexity index is 1140. The molecule has 0 aliphatic carbocycles. The van der Waals surface area contributed by atoms with Crippen LogP contribution in [-0.4, -0.2) is 34.7 Å². The van der Waals surface area contributed by atoms with E-state index in [-0.39, 0.29) is 17.7 Å². The number of aryl methyl sites for hydroxylation is 1. The Kier molecular flexibility index (Phi) is 6.99. The first-order valence-corrected chi connectivity index (χ1v) is 11.6. The minimum Gasteiger partial charge on any atom is -0.355 e. The predicted octanol–water partition coefficient (Wildman–Crippen LogP) is 5.04. The van der Waals surface area contributed by atoms with Crippen molar-refractivity contribution in [3.05, 3.63) is 65.3 Å². The molecule has 2 amide bonds. The van der Waals surface area contributed by atoms with Crippen LogP contribution >= 0.6 is 11.6 Å². The van der Waals surface area contributed by atoms with Crippen LogP contribution in [0.3, 0.4) is 0 Å². The number of amides is 2. The normalized spacial score (nSPS) is 14.2. The number of carbonyl (C=O) groups is 2. The summed E-state index contributed by atoms with van der Waals surface area (Å²) in [6.07, 6.45) is 1.79. The van der Waals surface area contributed by atoms with Crippen molar-refractivity contribution in [3.8, 4) is 5.69 Å². The zero-order valence-electron chi connectivity index (χ0n) is 18.8. The van der Waals surface area contributed by atoms with E-state index in [0.29, 0.717) is 43.1 Å². The fourth-order valence-corrected chi connectivity index (χ4v) is 4.28. The largest absolute Gasteiger partial charge is 0.355 e. The van der Waals surface area contributed by atoms with E-state index in [2.05, 4.69) is 15.5 Å². The third-order valence-corrected chi connectivity index (χ3v) is 6.11. The Hall–Kier alpha value is -3.32. The van der Waals surface area contributed by atoms with E-state index in [1.807, 2.05) is 61.0 Å². The lowest BCUT2D eigenvalue weighted by molar-refractivity contribution is -0.120.